The lowest BCUT2D eigenvalue weighted by Gasteiger charge is -2.18. The van der Waals surface area contributed by atoms with E-state index in [0.29, 0.717) is 6.54 Å². The van der Waals surface area contributed by atoms with Crippen LogP contribution < -0.4 is 11.1 Å². The first-order chi connectivity index (χ1) is 8.18. The van der Waals surface area contributed by atoms with Gasteiger partial charge in [0.05, 0.1) is 0 Å². The highest BCUT2D eigenvalue weighted by molar-refractivity contribution is 5.85. The SMILES string of the molecule is CC(CN)C(=O)NCC1(c2ccccc2)CC1.Cl. The maximum Gasteiger partial charge on any atom is 0.224 e. The van der Waals surface area contributed by atoms with Crippen molar-refractivity contribution < 1.29 is 4.79 Å². The Hall–Kier alpha value is -1.06. The highest BCUT2D eigenvalue weighted by Crippen LogP contribution is 2.47. The molecule has 18 heavy (non-hydrogen) atoms. The van der Waals surface area contributed by atoms with Crippen LogP contribution in [0, 0.1) is 5.92 Å². The molecule has 0 bridgehead atoms. The summed E-state index contributed by atoms with van der Waals surface area (Å²) >= 11 is 0. The fourth-order valence-electron chi connectivity index (χ4n) is 2.05. The lowest BCUT2D eigenvalue weighted by atomic mass is 9.96. The molecule has 4 heteroatoms. The molecule has 1 aliphatic rings. The molecule has 3 nitrogen and oxygen atoms in total. The molecule has 1 unspecified atom stereocenters. The molecular formula is C14H21ClN2O. The Labute approximate surface area is 115 Å². The van der Waals surface area contributed by atoms with Gasteiger partial charge in [-0.05, 0) is 18.4 Å². The van der Waals surface area contributed by atoms with Gasteiger partial charge in [0.15, 0.2) is 0 Å². The van der Waals surface area contributed by atoms with Crippen molar-refractivity contribution in [3.63, 3.8) is 0 Å². The molecule has 3 N–H and O–H groups in total. The summed E-state index contributed by atoms with van der Waals surface area (Å²) in [5.74, 6) is -0.0312. The second kappa shape index (κ2) is 6.21. The van der Waals surface area contributed by atoms with Crippen molar-refractivity contribution in [3.05, 3.63) is 35.9 Å². The molecule has 0 heterocycles. The van der Waals surface area contributed by atoms with Crippen LogP contribution >= 0.6 is 12.4 Å². The Bertz CT molecular complexity index is 390. The van der Waals surface area contributed by atoms with Gasteiger partial charge in [-0.15, -0.1) is 12.4 Å². The molecular weight excluding hydrogens is 248 g/mol. The Morgan fingerprint density at radius 2 is 2.00 bits per heavy atom. The summed E-state index contributed by atoms with van der Waals surface area (Å²) in [6, 6.07) is 10.4. The van der Waals surface area contributed by atoms with Crippen molar-refractivity contribution in [3.8, 4) is 0 Å². The molecule has 1 aromatic rings. The summed E-state index contributed by atoms with van der Waals surface area (Å²) in [5, 5.41) is 3.02. The van der Waals surface area contributed by atoms with Crippen LogP contribution in [-0.2, 0) is 10.2 Å². The molecule has 1 aromatic carbocycles. The van der Waals surface area contributed by atoms with Gasteiger partial charge in [-0.1, -0.05) is 37.3 Å². The largest absolute Gasteiger partial charge is 0.355 e. The van der Waals surface area contributed by atoms with E-state index in [2.05, 4.69) is 29.6 Å². The fraction of sp³-hybridized carbons (Fsp3) is 0.500. The van der Waals surface area contributed by atoms with Crippen LogP contribution in [0.5, 0.6) is 0 Å². The van der Waals surface area contributed by atoms with Gasteiger partial charge in [0.2, 0.25) is 5.91 Å². The van der Waals surface area contributed by atoms with Gasteiger partial charge in [-0.25, -0.2) is 0 Å². The molecule has 2 rings (SSSR count). The van der Waals surface area contributed by atoms with E-state index in [1.165, 1.54) is 5.56 Å². The molecule has 1 atom stereocenters. The van der Waals surface area contributed by atoms with E-state index in [9.17, 15) is 4.79 Å². The maximum absolute atomic E-state index is 11.7. The van der Waals surface area contributed by atoms with Crippen LogP contribution in [0.1, 0.15) is 25.3 Å². The number of nitrogens with two attached hydrogens (primary N) is 1. The monoisotopic (exact) mass is 268 g/mol. The topological polar surface area (TPSA) is 55.1 Å². The number of carbonyl (C=O) groups is 1. The lowest BCUT2D eigenvalue weighted by Crippen LogP contribution is -2.37. The van der Waals surface area contributed by atoms with Crippen molar-refractivity contribution in [1.29, 1.82) is 0 Å². The zero-order valence-electron chi connectivity index (χ0n) is 10.7. The van der Waals surface area contributed by atoms with E-state index in [4.69, 9.17) is 5.73 Å². The highest BCUT2D eigenvalue weighted by Gasteiger charge is 2.44. The number of amides is 1. The molecule has 1 amide bonds. The third-order valence-corrected chi connectivity index (χ3v) is 3.64. The first-order valence-corrected chi connectivity index (χ1v) is 6.21. The minimum Gasteiger partial charge on any atom is -0.355 e. The highest BCUT2D eigenvalue weighted by atomic mass is 35.5. The summed E-state index contributed by atoms with van der Waals surface area (Å²) in [7, 11) is 0. The maximum atomic E-state index is 11.7. The number of halogens is 1. The summed E-state index contributed by atoms with van der Waals surface area (Å²) in [6.07, 6.45) is 2.32. The number of carbonyl (C=O) groups excluding carboxylic acids is 1. The Morgan fingerprint density at radius 3 is 2.50 bits per heavy atom. The zero-order chi connectivity index (χ0) is 12.3. The molecule has 1 fully saturated rings. The van der Waals surface area contributed by atoms with Gasteiger partial charge in [0.1, 0.15) is 0 Å². The van der Waals surface area contributed by atoms with Crippen LogP contribution in [0.25, 0.3) is 0 Å². The van der Waals surface area contributed by atoms with Crippen molar-refractivity contribution in [2.24, 2.45) is 11.7 Å². The number of hydrogen-bond acceptors (Lipinski definition) is 2. The van der Waals surface area contributed by atoms with Gasteiger partial charge in [-0.2, -0.15) is 0 Å². The van der Waals surface area contributed by atoms with Crippen LogP contribution in [0.4, 0.5) is 0 Å². The molecule has 0 radical (unpaired) electrons. The van der Waals surface area contributed by atoms with E-state index in [0.717, 1.165) is 19.4 Å². The van der Waals surface area contributed by atoms with Gasteiger partial charge in [0, 0.05) is 24.4 Å². The molecule has 0 aromatic heterocycles. The second-order valence-corrected chi connectivity index (χ2v) is 5.00. The van der Waals surface area contributed by atoms with E-state index in [1.807, 2.05) is 13.0 Å². The van der Waals surface area contributed by atoms with Gasteiger partial charge in [0.25, 0.3) is 0 Å². The summed E-state index contributed by atoms with van der Waals surface area (Å²) < 4.78 is 0. The van der Waals surface area contributed by atoms with E-state index in [1.54, 1.807) is 0 Å². The lowest BCUT2D eigenvalue weighted by molar-refractivity contribution is -0.124. The standard InChI is InChI=1S/C14H20N2O.ClH/c1-11(9-15)13(17)16-10-14(7-8-14)12-5-3-2-4-6-12;/h2-6,11H,7-10,15H2,1H3,(H,16,17);1H. The summed E-state index contributed by atoms with van der Waals surface area (Å²) in [4.78, 5) is 11.7. The van der Waals surface area contributed by atoms with Crippen LogP contribution in [0.3, 0.4) is 0 Å². The first-order valence-electron chi connectivity index (χ1n) is 6.21. The number of hydrogen-bond donors (Lipinski definition) is 2. The molecule has 1 aliphatic carbocycles. The van der Waals surface area contributed by atoms with E-state index in [-0.39, 0.29) is 29.6 Å². The van der Waals surface area contributed by atoms with Crippen molar-refractivity contribution in [2.75, 3.05) is 13.1 Å². The van der Waals surface area contributed by atoms with Gasteiger partial charge in [-0.3, -0.25) is 4.79 Å². The average Bonchev–Trinajstić information content (AvgIpc) is 3.17. The van der Waals surface area contributed by atoms with E-state index < -0.39 is 0 Å². The minimum absolute atomic E-state index is 0. The normalized spacial score (nSPS) is 17.4. The third kappa shape index (κ3) is 3.24. The van der Waals surface area contributed by atoms with Crippen LogP contribution in [0.15, 0.2) is 30.3 Å². The molecule has 0 aliphatic heterocycles. The Morgan fingerprint density at radius 1 is 1.39 bits per heavy atom. The second-order valence-electron chi connectivity index (χ2n) is 5.00. The van der Waals surface area contributed by atoms with Gasteiger partial charge >= 0.3 is 0 Å². The molecule has 0 saturated heterocycles. The molecule has 0 spiro atoms. The average molecular weight is 269 g/mol. The third-order valence-electron chi connectivity index (χ3n) is 3.64. The van der Waals surface area contributed by atoms with Crippen molar-refractivity contribution in [1.82, 2.24) is 5.32 Å². The van der Waals surface area contributed by atoms with Crippen LogP contribution in [0.2, 0.25) is 0 Å². The first kappa shape index (κ1) is 15.0. The predicted octanol–water partition coefficient (Wildman–Crippen LogP) is 1.85. The van der Waals surface area contributed by atoms with Crippen molar-refractivity contribution >= 4 is 18.3 Å². The Kier molecular flexibility index (Phi) is 5.17. The number of benzene rings is 1. The van der Waals surface area contributed by atoms with Crippen molar-refractivity contribution in [2.45, 2.75) is 25.2 Å². The smallest absolute Gasteiger partial charge is 0.224 e. The summed E-state index contributed by atoms with van der Waals surface area (Å²) in [5.41, 5.74) is 7.00. The summed E-state index contributed by atoms with van der Waals surface area (Å²) in [6.45, 7) is 3.00. The predicted molar refractivity (Wildman–Crippen MR) is 75.8 cm³/mol. The molecule has 1 saturated carbocycles. The number of nitrogens with one attached hydrogen (secondary N) is 1. The Balaban J connectivity index is 0.00000162. The number of rotatable bonds is 5. The van der Waals surface area contributed by atoms with E-state index >= 15 is 0 Å². The fourth-order valence-corrected chi connectivity index (χ4v) is 2.05. The quantitative estimate of drug-likeness (QED) is 0.856. The van der Waals surface area contributed by atoms with Gasteiger partial charge < -0.3 is 11.1 Å². The molecule has 100 valence electrons. The van der Waals surface area contributed by atoms with Crippen LogP contribution in [-0.4, -0.2) is 19.0 Å². The minimum atomic E-state index is -0.0958. The zero-order valence-corrected chi connectivity index (χ0v) is 11.5.